The molecule has 32 heavy (non-hydrogen) atoms. The van der Waals surface area contributed by atoms with Crippen molar-refractivity contribution in [2.75, 3.05) is 0 Å². The third-order valence-corrected chi connectivity index (χ3v) is 6.48. The Morgan fingerprint density at radius 3 is 2.38 bits per heavy atom. The molecule has 1 heterocycles. The molecule has 0 bridgehead atoms. The van der Waals surface area contributed by atoms with Crippen molar-refractivity contribution < 1.29 is 9.72 Å². The fourth-order valence-electron chi connectivity index (χ4n) is 3.31. The van der Waals surface area contributed by atoms with Crippen molar-refractivity contribution in [2.45, 2.75) is 6.92 Å². The van der Waals surface area contributed by atoms with E-state index in [1.165, 1.54) is 23.5 Å². The molecule has 4 aromatic rings. The van der Waals surface area contributed by atoms with E-state index in [-0.39, 0.29) is 16.3 Å². The van der Waals surface area contributed by atoms with E-state index in [2.05, 4.69) is 4.99 Å². The molecule has 3 aromatic carbocycles. The van der Waals surface area contributed by atoms with Crippen LogP contribution in [0.4, 0.5) is 5.69 Å². The molecule has 0 radical (unpaired) electrons. The molecule has 1 aromatic heterocycles. The lowest BCUT2D eigenvalue weighted by molar-refractivity contribution is -0.384. The fourth-order valence-corrected chi connectivity index (χ4v) is 4.64. The molecule has 0 fully saturated rings. The lowest BCUT2D eigenvalue weighted by Gasteiger charge is -2.08. The van der Waals surface area contributed by atoms with Gasteiger partial charge in [0.25, 0.3) is 11.6 Å². The van der Waals surface area contributed by atoms with Gasteiger partial charge >= 0.3 is 0 Å². The van der Waals surface area contributed by atoms with Crippen LogP contribution < -0.4 is 4.80 Å². The number of nitrogens with zero attached hydrogens (tertiary/aromatic N) is 3. The number of aryl methyl sites for hydroxylation is 1. The summed E-state index contributed by atoms with van der Waals surface area (Å²) in [5, 5.41) is 11.1. The number of amides is 1. The van der Waals surface area contributed by atoms with Gasteiger partial charge in [0, 0.05) is 18.7 Å². The molecule has 1 amide bonds. The molecule has 0 saturated carbocycles. The summed E-state index contributed by atoms with van der Waals surface area (Å²) in [5.41, 5.74) is 3.89. The Morgan fingerprint density at radius 1 is 1.03 bits per heavy atom. The molecule has 0 saturated heterocycles. The first-order valence-electron chi connectivity index (χ1n) is 9.70. The summed E-state index contributed by atoms with van der Waals surface area (Å²) in [6.07, 6.45) is 0. The third kappa shape index (κ3) is 4.26. The van der Waals surface area contributed by atoms with Crippen molar-refractivity contribution in [3.63, 3.8) is 0 Å². The van der Waals surface area contributed by atoms with Gasteiger partial charge in [-0.2, -0.15) is 4.99 Å². The van der Waals surface area contributed by atoms with Gasteiger partial charge in [-0.15, -0.1) is 0 Å². The van der Waals surface area contributed by atoms with Crippen LogP contribution in [0.2, 0.25) is 5.02 Å². The zero-order valence-electron chi connectivity index (χ0n) is 17.3. The summed E-state index contributed by atoms with van der Waals surface area (Å²) in [6, 6.07) is 22.0. The van der Waals surface area contributed by atoms with Gasteiger partial charge in [-0.3, -0.25) is 14.9 Å². The Balaban J connectivity index is 1.87. The number of nitro groups is 1. The number of aromatic nitrogens is 1. The van der Waals surface area contributed by atoms with E-state index in [0.29, 0.717) is 4.80 Å². The number of hydrogen-bond donors (Lipinski definition) is 0. The zero-order chi connectivity index (χ0) is 22.8. The van der Waals surface area contributed by atoms with E-state index in [1.54, 1.807) is 0 Å². The van der Waals surface area contributed by atoms with E-state index in [9.17, 15) is 14.9 Å². The zero-order valence-corrected chi connectivity index (χ0v) is 18.9. The maximum absolute atomic E-state index is 12.9. The van der Waals surface area contributed by atoms with Crippen LogP contribution in [-0.4, -0.2) is 15.4 Å². The van der Waals surface area contributed by atoms with Crippen molar-refractivity contribution in [3.05, 3.63) is 104 Å². The lowest BCUT2D eigenvalue weighted by atomic mass is 10.1. The number of benzene rings is 3. The predicted molar refractivity (Wildman–Crippen MR) is 127 cm³/mol. The second-order valence-corrected chi connectivity index (χ2v) is 8.58. The third-order valence-electron chi connectivity index (χ3n) is 4.98. The van der Waals surface area contributed by atoms with Crippen molar-refractivity contribution >= 4 is 34.5 Å². The highest BCUT2D eigenvalue weighted by Gasteiger charge is 2.18. The second-order valence-electron chi connectivity index (χ2n) is 7.19. The molecule has 0 N–H and O–H groups in total. The second kappa shape index (κ2) is 8.90. The van der Waals surface area contributed by atoms with Crippen LogP contribution in [0.1, 0.15) is 15.9 Å². The minimum Gasteiger partial charge on any atom is -0.319 e. The molecule has 160 valence electrons. The molecule has 0 unspecified atom stereocenters. The standard InChI is InChI=1S/C24H18ClN3O3S/c1-15-8-10-16(11-9-15)21-22(17-6-4-3-5-7-17)32-24(27(21)2)26-23(29)18-12-13-19(25)20(14-18)28(30)31/h3-14H,1-2H3. The normalized spacial score (nSPS) is 11.5. The van der Waals surface area contributed by atoms with Gasteiger partial charge in [0.1, 0.15) is 5.02 Å². The molecular weight excluding hydrogens is 446 g/mol. The quantitative estimate of drug-likeness (QED) is 0.274. The molecule has 4 rings (SSSR count). The first-order valence-corrected chi connectivity index (χ1v) is 10.9. The summed E-state index contributed by atoms with van der Waals surface area (Å²) in [4.78, 5) is 29.2. The summed E-state index contributed by atoms with van der Waals surface area (Å²) in [6.45, 7) is 2.03. The predicted octanol–water partition coefficient (Wildman–Crippen LogP) is 6.03. The van der Waals surface area contributed by atoms with Crippen LogP contribution in [0.5, 0.6) is 0 Å². The van der Waals surface area contributed by atoms with Crippen LogP contribution in [0.25, 0.3) is 21.7 Å². The maximum atomic E-state index is 12.9. The first-order chi connectivity index (χ1) is 15.3. The van der Waals surface area contributed by atoms with Crippen molar-refractivity contribution in [1.29, 1.82) is 0 Å². The van der Waals surface area contributed by atoms with Crippen LogP contribution in [0.3, 0.4) is 0 Å². The smallest absolute Gasteiger partial charge is 0.288 e. The maximum Gasteiger partial charge on any atom is 0.288 e. The monoisotopic (exact) mass is 463 g/mol. The van der Waals surface area contributed by atoms with Crippen molar-refractivity contribution in [3.8, 4) is 21.7 Å². The van der Waals surface area contributed by atoms with Crippen molar-refractivity contribution in [2.24, 2.45) is 12.0 Å². The SMILES string of the molecule is Cc1ccc(-c2c(-c3ccccc3)sc(=NC(=O)c3ccc(Cl)c([N+](=O)[O-])c3)n2C)cc1. The number of rotatable bonds is 4. The van der Waals surface area contributed by atoms with Gasteiger partial charge < -0.3 is 4.57 Å². The average molecular weight is 464 g/mol. The lowest BCUT2D eigenvalue weighted by Crippen LogP contribution is -2.14. The minimum absolute atomic E-state index is 0.0266. The van der Waals surface area contributed by atoms with Crippen LogP contribution in [0.15, 0.2) is 77.8 Å². The number of halogens is 1. The Labute approximate surface area is 193 Å². The molecule has 0 aliphatic carbocycles. The van der Waals surface area contributed by atoms with E-state index in [1.807, 2.05) is 73.1 Å². The van der Waals surface area contributed by atoms with Gasteiger partial charge in [-0.25, -0.2) is 0 Å². The number of hydrogen-bond acceptors (Lipinski definition) is 4. The Morgan fingerprint density at radius 2 is 1.72 bits per heavy atom. The van der Waals surface area contributed by atoms with E-state index >= 15 is 0 Å². The van der Waals surface area contributed by atoms with E-state index < -0.39 is 10.8 Å². The van der Waals surface area contributed by atoms with Crippen LogP contribution in [-0.2, 0) is 7.05 Å². The summed E-state index contributed by atoms with van der Waals surface area (Å²) in [7, 11) is 1.86. The molecule has 6 nitrogen and oxygen atoms in total. The van der Waals surface area contributed by atoms with Crippen LogP contribution >= 0.6 is 22.9 Å². The van der Waals surface area contributed by atoms with Gasteiger partial charge in [-0.05, 0) is 30.2 Å². The molecule has 8 heteroatoms. The number of thiazole rings is 1. The first kappa shape index (κ1) is 21.7. The molecular formula is C24H18ClN3O3S. The average Bonchev–Trinajstić information content (AvgIpc) is 3.11. The van der Waals surface area contributed by atoms with Gasteiger partial charge in [-0.1, -0.05) is 83.1 Å². The summed E-state index contributed by atoms with van der Waals surface area (Å²) < 4.78 is 1.87. The van der Waals surface area contributed by atoms with Crippen LogP contribution in [0, 0.1) is 17.0 Å². The summed E-state index contributed by atoms with van der Waals surface area (Å²) >= 11 is 7.26. The molecule has 0 spiro atoms. The van der Waals surface area contributed by atoms with Gasteiger partial charge in [0.15, 0.2) is 4.80 Å². The summed E-state index contributed by atoms with van der Waals surface area (Å²) in [5.74, 6) is -0.573. The molecule has 0 aliphatic rings. The number of carbonyl (C=O) groups excluding carboxylic acids is 1. The van der Waals surface area contributed by atoms with Crippen molar-refractivity contribution in [1.82, 2.24) is 4.57 Å². The number of carbonyl (C=O) groups is 1. The minimum atomic E-state index is -0.618. The van der Waals surface area contributed by atoms with Gasteiger partial charge in [0.2, 0.25) is 0 Å². The Bertz CT molecular complexity index is 1390. The van der Waals surface area contributed by atoms with E-state index in [0.717, 1.165) is 33.3 Å². The highest BCUT2D eigenvalue weighted by Crippen LogP contribution is 2.34. The molecule has 0 atom stereocenters. The Hall–Kier alpha value is -3.55. The highest BCUT2D eigenvalue weighted by molar-refractivity contribution is 7.13. The van der Waals surface area contributed by atoms with Gasteiger partial charge in [0.05, 0.1) is 15.5 Å². The largest absolute Gasteiger partial charge is 0.319 e. The Kier molecular flexibility index (Phi) is 6.03. The fraction of sp³-hybridized carbons (Fsp3) is 0.0833. The number of nitro benzene ring substituents is 1. The van der Waals surface area contributed by atoms with E-state index in [4.69, 9.17) is 11.6 Å². The topological polar surface area (TPSA) is 77.5 Å². The molecule has 0 aliphatic heterocycles. The highest BCUT2D eigenvalue weighted by atomic mass is 35.5.